The quantitative estimate of drug-likeness (QED) is 0.733. The minimum Gasteiger partial charge on any atom is -0.494 e. The average Bonchev–Trinajstić information content (AvgIpc) is 2.45. The predicted molar refractivity (Wildman–Crippen MR) is 83.5 cm³/mol. The summed E-state index contributed by atoms with van der Waals surface area (Å²) in [4.78, 5) is 8.70. The van der Waals surface area contributed by atoms with Crippen molar-refractivity contribution in [3.63, 3.8) is 0 Å². The number of benzene rings is 1. The third-order valence-corrected chi connectivity index (χ3v) is 3.26. The SMILES string of the molecule is CCCc1nc(Cl)c(C)c(Oc2cccc(OCC)c2)n1. The van der Waals surface area contributed by atoms with E-state index in [1.165, 1.54) is 0 Å². The van der Waals surface area contributed by atoms with E-state index in [1.54, 1.807) is 0 Å². The normalized spacial score (nSPS) is 10.5. The van der Waals surface area contributed by atoms with Gasteiger partial charge < -0.3 is 9.47 Å². The van der Waals surface area contributed by atoms with Gasteiger partial charge in [0.05, 0.1) is 6.61 Å². The molecule has 0 aliphatic carbocycles. The monoisotopic (exact) mass is 306 g/mol. The molecule has 1 aromatic carbocycles. The van der Waals surface area contributed by atoms with Crippen LogP contribution in [0.25, 0.3) is 0 Å². The molecule has 0 saturated heterocycles. The smallest absolute Gasteiger partial charge is 0.226 e. The largest absolute Gasteiger partial charge is 0.494 e. The van der Waals surface area contributed by atoms with Gasteiger partial charge in [-0.3, -0.25) is 0 Å². The summed E-state index contributed by atoms with van der Waals surface area (Å²) in [5, 5.41) is 0.435. The van der Waals surface area contributed by atoms with E-state index >= 15 is 0 Å². The summed E-state index contributed by atoms with van der Waals surface area (Å²) >= 11 is 6.15. The molecule has 0 radical (unpaired) electrons. The molecule has 0 atom stereocenters. The molecule has 112 valence electrons. The minimum absolute atomic E-state index is 0.435. The Balaban J connectivity index is 2.27. The van der Waals surface area contributed by atoms with Crippen LogP contribution in [0.15, 0.2) is 24.3 Å². The van der Waals surface area contributed by atoms with Crippen molar-refractivity contribution < 1.29 is 9.47 Å². The second-order valence-electron chi connectivity index (χ2n) is 4.62. The molecule has 5 heteroatoms. The van der Waals surface area contributed by atoms with Crippen molar-refractivity contribution in [3.05, 3.63) is 40.8 Å². The van der Waals surface area contributed by atoms with E-state index in [0.29, 0.717) is 29.2 Å². The second-order valence-corrected chi connectivity index (χ2v) is 4.98. The Bertz CT molecular complexity index is 617. The Morgan fingerprint density at radius 2 is 1.90 bits per heavy atom. The van der Waals surface area contributed by atoms with Gasteiger partial charge in [-0.2, -0.15) is 4.98 Å². The summed E-state index contributed by atoms with van der Waals surface area (Å²) in [7, 11) is 0. The zero-order valence-electron chi connectivity index (χ0n) is 12.5. The van der Waals surface area contributed by atoms with Gasteiger partial charge in [-0.15, -0.1) is 0 Å². The van der Waals surface area contributed by atoms with E-state index in [9.17, 15) is 0 Å². The van der Waals surface area contributed by atoms with E-state index in [4.69, 9.17) is 21.1 Å². The van der Waals surface area contributed by atoms with E-state index < -0.39 is 0 Å². The van der Waals surface area contributed by atoms with Crippen LogP contribution in [0.1, 0.15) is 31.7 Å². The molecule has 0 N–H and O–H groups in total. The van der Waals surface area contributed by atoms with E-state index in [-0.39, 0.29) is 0 Å². The Morgan fingerprint density at radius 1 is 1.14 bits per heavy atom. The summed E-state index contributed by atoms with van der Waals surface area (Å²) in [6, 6.07) is 7.46. The highest BCUT2D eigenvalue weighted by Gasteiger charge is 2.11. The van der Waals surface area contributed by atoms with Crippen molar-refractivity contribution in [2.45, 2.75) is 33.6 Å². The summed E-state index contributed by atoms with van der Waals surface area (Å²) in [6.07, 6.45) is 1.73. The second kappa shape index (κ2) is 7.27. The minimum atomic E-state index is 0.435. The number of aryl methyl sites for hydroxylation is 1. The molecule has 0 fully saturated rings. The standard InChI is InChI=1S/C16H19ClN2O2/c1-4-7-14-18-15(17)11(3)16(19-14)21-13-9-6-8-12(10-13)20-5-2/h6,8-10H,4-5,7H2,1-3H3. The van der Waals surface area contributed by atoms with Crippen LogP contribution < -0.4 is 9.47 Å². The first-order valence-electron chi connectivity index (χ1n) is 7.07. The fourth-order valence-corrected chi connectivity index (χ4v) is 2.03. The molecule has 0 aliphatic rings. The van der Waals surface area contributed by atoms with Crippen LogP contribution in [-0.4, -0.2) is 16.6 Å². The van der Waals surface area contributed by atoms with Crippen LogP contribution in [0.2, 0.25) is 5.15 Å². The fourth-order valence-electron chi connectivity index (χ4n) is 1.85. The number of ether oxygens (including phenoxy) is 2. The third-order valence-electron chi connectivity index (χ3n) is 2.89. The summed E-state index contributed by atoms with van der Waals surface area (Å²) < 4.78 is 11.3. The van der Waals surface area contributed by atoms with Crippen LogP contribution in [0.5, 0.6) is 17.4 Å². The summed E-state index contributed by atoms with van der Waals surface area (Å²) in [6.45, 7) is 6.48. The number of rotatable bonds is 6. The van der Waals surface area contributed by atoms with Crippen molar-refractivity contribution in [3.8, 4) is 17.4 Å². The molecular weight excluding hydrogens is 288 g/mol. The van der Waals surface area contributed by atoms with Crippen molar-refractivity contribution in [1.29, 1.82) is 0 Å². The molecule has 4 nitrogen and oxygen atoms in total. The molecule has 2 aromatic rings. The zero-order valence-corrected chi connectivity index (χ0v) is 13.3. The van der Waals surface area contributed by atoms with Crippen LogP contribution in [0.4, 0.5) is 0 Å². The molecule has 0 saturated carbocycles. The average molecular weight is 307 g/mol. The molecule has 0 unspecified atom stereocenters. The van der Waals surface area contributed by atoms with E-state index in [1.807, 2.05) is 38.1 Å². The van der Waals surface area contributed by atoms with Gasteiger partial charge in [0.2, 0.25) is 5.88 Å². The Labute approximate surface area is 130 Å². The highest BCUT2D eigenvalue weighted by molar-refractivity contribution is 6.30. The van der Waals surface area contributed by atoms with Crippen LogP contribution >= 0.6 is 11.6 Å². The highest BCUT2D eigenvalue weighted by Crippen LogP contribution is 2.29. The van der Waals surface area contributed by atoms with Crippen LogP contribution in [0.3, 0.4) is 0 Å². The van der Waals surface area contributed by atoms with Crippen LogP contribution in [-0.2, 0) is 6.42 Å². The van der Waals surface area contributed by atoms with Crippen molar-refractivity contribution in [1.82, 2.24) is 9.97 Å². The lowest BCUT2D eigenvalue weighted by atomic mass is 10.3. The number of halogens is 1. The third kappa shape index (κ3) is 4.08. The predicted octanol–water partition coefficient (Wildman–Crippen LogP) is 4.58. The first-order chi connectivity index (χ1) is 10.1. The lowest BCUT2D eigenvalue weighted by molar-refractivity contribution is 0.337. The molecule has 1 heterocycles. The Kier molecular flexibility index (Phi) is 5.39. The van der Waals surface area contributed by atoms with Gasteiger partial charge >= 0.3 is 0 Å². The highest BCUT2D eigenvalue weighted by atomic mass is 35.5. The van der Waals surface area contributed by atoms with Crippen LogP contribution in [0, 0.1) is 6.92 Å². The molecule has 0 spiro atoms. The number of hydrogen-bond donors (Lipinski definition) is 0. The van der Waals surface area contributed by atoms with Gasteiger partial charge in [0.15, 0.2) is 0 Å². The van der Waals surface area contributed by atoms with Gasteiger partial charge in [-0.05, 0) is 32.4 Å². The van der Waals surface area contributed by atoms with E-state index in [0.717, 1.165) is 24.2 Å². The molecule has 0 aliphatic heterocycles. The van der Waals surface area contributed by atoms with E-state index in [2.05, 4.69) is 16.9 Å². The lowest BCUT2D eigenvalue weighted by Crippen LogP contribution is -2.01. The maximum atomic E-state index is 6.15. The first kappa shape index (κ1) is 15.6. The van der Waals surface area contributed by atoms with Gasteiger partial charge in [0.1, 0.15) is 22.5 Å². The molecule has 0 amide bonds. The maximum Gasteiger partial charge on any atom is 0.226 e. The number of aromatic nitrogens is 2. The first-order valence-corrected chi connectivity index (χ1v) is 7.45. The number of nitrogens with zero attached hydrogens (tertiary/aromatic N) is 2. The summed E-state index contributed by atoms with van der Waals surface area (Å²) in [5.74, 6) is 2.62. The van der Waals surface area contributed by atoms with Crippen molar-refractivity contribution in [2.75, 3.05) is 6.61 Å². The van der Waals surface area contributed by atoms with Gasteiger partial charge in [0, 0.05) is 18.1 Å². The summed E-state index contributed by atoms with van der Waals surface area (Å²) in [5.41, 5.74) is 0.735. The van der Waals surface area contributed by atoms with Crippen molar-refractivity contribution in [2.24, 2.45) is 0 Å². The lowest BCUT2D eigenvalue weighted by Gasteiger charge is -2.11. The zero-order chi connectivity index (χ0) is 15.2. The number of hydrogen-bond acceptors (Lipinski definition) is 4. The molecule has 0 bridgehead atoms. The Hall–Kier alpha value is -1.81. The van der Waals surface area contributed by atoms with Gasteiger partial charge in [-0.1, -0.05) is 24.6 Å². The molecule has 2 rings (SSSR count). The van der Waals surface area contributed by atoms with Gasteiger partial charge in [0.25, 0.3) is 0 Å². The molecule has 21 heavy (non-hydrogen) atoms. The Morgan fingerprint density at radius 3 is 2.62 bits per heavy atom. The maximum absolute atomic E-state index is 6.15. The topological polar surface area (TPSA) is 44.2 Å². The van der Waals surface area contributed by atoms with Crippen molar-refractivity contribution >= 4 is 11.6 Å². The fraction of sp³-hybridized carbons (Fsp3) is 0.375. The van der Waals surface area contributed by atoms with Gasteiger partial charge in [-0.25, -0.2) is 4.98 Å². The molecular formula is C16H19ClN2O2. The molecule has 1 aromatic heterocycles.